The van der Waals surface area contributed by atoms with Crippen molar-refractivity contribution in [1.29, 1.82) is 0 Å². The van der Waals surface area contributed by atoms with Gasteiger partial charge < -0.3 is 16.3 Å². The van der Waals surface area contributed by atoms with Crippen molar-refractivity contribution in [3.63, 3.8) is 0 Å². The number of aryl methyl sites for hydroxylation is 1. The van der Waals surface area contributed by atoms with Crippen LogP contribution in [0.25, 0.3) is 0 Å². The first-order valence-corrected chi connectivity index (χ1v) is 6.18. The van der Waals surface area contributed by atoms with E-state index in [2.05, 4.69) is 10.5 Å². The fourth-order valence-electron chi connectivity index (χ4n) is 1.45. The number of hydrogen-bond acceptors (Lipinski definition) is 3. The largest absolute Gasteiger partial charge is 0.409 e. The summed E-state index contributed by atoms with van der Waals surface area (Å²) >= 11 is 6.08. The topological polar surface area (TPSA) is 87.7 Å². The minimum absolute atomic E-state index is 0.0585. The minimum Gasteiger partial charge on any atom is -0.409 e. The minimum atomic E-state index is -0.638. The van der Waals surface area contributed by atoms with Gasteiger partial charge in [0.15, 0.2) is 0 Å². The molecule has 19 heavy (non-hydrogen) atoms. The third kappa shape index (κ3) is 3.61. The molecule has 4 N–H and O–H groups in total. The third-order valence-electron chi connectivity index (χ3n) is 2.93. The Kier molecular flexibility index (Phi) is 4.78. The monoisotopic (exact) mass is 283 g/mol. The summed E-state index contributed by atoms with van der Waals surface area (Å²) in [6.07, 6.45) is 0. The van der Waals surface area contributed by atoms with Gasteiger partial charge in [-0.1, -0.05) is 42.7 Å². The molecule has 0 aromatic heterocycles. The summed E-state index contributed by atoms with van der Waals surface area (Å²) in [5.41, 5.74) is 6.17. The van der Waals surface area contributed by atoms with Crippen LogP contribution in [0.5, 0.6) is 0 Å². The zero-order valence-corrected chi connectivity index (χ0v) is 12.0. The smallest absolute Gasteiger partial charge is 0.252 e. The van der Waals surface area contributed by atoms with Crippen molar-refractivity contribution in [2.75, 3.05) is 6.54 Å². The zero-order chi connectivity index (χ0) is 14.6. The number of benzene rings is 1. The molecule has 0 radical (unpaired) electrons. The van der Waals surface area contributed by atoms with Crippen molar-refractivity contribution in [2.24, 2.45) is 16.3 Å². The highest BCUT2D eigenvalue weighted by Crippen LogP contribution is 2.20. The summed E-state index contributed by atoms with van der Waals surface area (Å²) in [7, 11) is 0. The van der Waals surface area contributed by atoms with Crippen molar-refractivity contribution in [2.45, 2.75) is 20.8 Å². The lowest BCUT2D eigenvalue weighted by Gasteiger charge is -2.23. The summed E-state index contributed by atoms with van der Waals surface area (Å²) in [6.45, 7) is 5.60. The molecule has 6 heteroatoms. The average Bonchev–Trinajstić information content (AvgIpc) is 2.38. The van der Waals surface area contributed by atoms with E-state index in [-0.39, 0.29) is 18.3 Å². The Bertz CT molecular complexity index is 513. The molecule has 1 aromatic rings. The molecule has 0 fully saturated rings. The van der Waals surface area contributed by atoms with Gasteiger partial charge in [-0.15, -0.1) is 0 Å². The Morgan fingerprint density at radius 1 is 1.53 bits per heavy atom. The quantitative estimate of drug-likeness (QED) is 0.342. The lowest BCUT2D eigenvalue weighted by molar-refractivity contribution is 0.0944. The summed E-state index contributed by atoms with van der Waals surface area (Å²) in [5, 5.41) is 14.8. The Morgan fingerprint density at radius 2 is 2.16 bits per heavy atom. The molecule has 0 heterocycles. The molecule has 0 saturated heterocycles. The van der Waals surface area contributed by atoms with Gasteiger partial charge in [0.25, 0.3) is 5.91 Å². The fraction of sp³-hybridized carbons (Fsp3) is 0.385. The van der Waals surface area contributed by atoms with Crippen LogP contribution >= 0.6 is 11.6 Å². The Morgan fingerprint density at radius 3 is 2.74 bits per heavy atom. The second kappa shape index (κ2) is 5.93. The predicted molar refractivity (Wildman–Crippen MR) is 75.7 cm³/mol. The van der Waals surface area contributed by atoms with Gasteiger partial charge in [0, 0.05) is 12.0 Å². The molecular formula is C13H18ClN3O2. The van der Waals surface area contributed by atoms with Gasteiger partial charge in [-0.25, -0.2) is 0 Å². The van der Waals surface area contributed by atoms with E-state index in [0.29, 0.717) is 10.6 Å². The summed E-state index contributed by atoms with van der Waals surface area (Å²) in [4.78, 5) is 12.0. The van der Waals surface area contributed by atoms with Gasteiger partial charge in [0.05, 0.1) is 10.6 Å². The van der Waals surface area contributed by atoms with Gasteiger partial charge in [-0.3, -0.25) is 4.79 Å². The molecule has 104 valence electrons. The zero-order valence-electron chi connectivity index (χ0n) is 11.2. The highest BCUT2D eigenvalue weighted by Gasteiger charge is 2.25. The van der Waals surface area contributed by atoms with Gasteiger partial charge in [-0.2, -0.15) is 0 Å². The van der Waals surface area contributed by atoms with Crippen LogP contribution in [0.15, 0.2) is 23.4 Å². The number of nitrogens with zero attached hydrogens (tertiary/aromatic N) is 1. The Hall–Kier alpha value is -1.75. The van der Waals surface area contributed by atoms with Gasteiger partial charge in [0.1, 0.15) is 5.84 Å². The molecule has 5 nitrogen and oxygen atoms in total. The van der Waals surface area contributed by atoms with Crippen molar-refractivity contribution in [3.8, 4) is 0 Å². The van der Waals surface area contributed by atoms with E-state index < -0.39 is 5.41 Å². The van der Waals surface area contributed by atoms with Crippen LogP contribution in [0.1, 0.15) is 29.8 Å². The summed E-state index contributed by atoms with van der Waals surface area (Å²) in [6, 6.07) is 5.26. The first-order valence-electron chi connectivity index (χ1n) is 5.81. The lowest BCUT2D eigenvalue weighted by atomic mass is 9.92. The SMILES string of the molecule is Cc1cccc(C(=O)NCC(C)(C)/C(N)=N/O)c1Cl. The fourth-order valence-corrected chi connectivity index (χ4v) is 1.66. The van der Waals surface area contributed by atoms with Crippen LogP contribution in [0.2, 0.25) is 5.02 Å². The Labute approximate surface area is 117 Å². The second-order valence-corrected chi connectivity index (χ2v) is 5.37. The molecule has 1 rings (SSSR count). The normalized spacial score (nSPS) is 12.3. The van der Waals surface area contributed by atoms with E-state index in [1.165, 1.54) is 0 Å². The van der Waals surface area contributed by atoms with Gasteiger partial charge in [-0.05, 0) is 18.6 Å². The predicted octanol–water partition coefficient (Wildman–Crippen LogP) is 2.15. The van der Waals surface area contributed by atoms with E-state index in [1.54, 1.807) is 26.0 Å². The van der Waals surface area contributed by atoms with E-state index >= 15 is 0 Å². The second-order valence-electron chi connectivity index (χ2n) is 4.99. The highest BCUT2D eigenvalue weighted by atomic mass is 35.5. The molecule has 0 unspecified atom stereocenters. The third-order valence-corrected chi connectivity index (χ3v) is 3.43. The van der Waals surface area contributed by atoms with Crippen LogP contribution in [0.3, 0.4) is 0 Å². The van der Waals surface area contributed by atoms with Gasteiger partial charge >= 0.3 is 0 Å². The maximum absolute atomic E-state index is 12.0. The van der Waals surface area contributed by atoms with Crippen molar-refractivity contribution < 1.29 is 10.0 Å². The number of amides is 1. The van der Waals surface area contributed by atoms with E-state index in [0.717, 1.165) is 5.56 Å². The summed E-state index contributed by atoms with van der Waals surface area (Å²) in [5.74, 6) is -0.226. The highest BCUT2D eigenvalue weighted by molar-refractivity contribution is 6.34. The summed E-state index contributed by atoms with van der Waals surface area (Å²) < 4.78 is 0. The average molecular weight is 284 g/mol. The maximum Gasteiger partial charge on any atom is 0.252 e. The molecule has 0 aliphatic rings. The van der Waals surface area contributed by atoms with E-state index in [1.807, 2.05) is 13.0 Å². The number of hydrogen-bond donors (Lipinski definition) is 3. The molecule has 1 amide bonds. The molecule has 0 spiro atoms. The van der Waals surface area contributed by atoms with Crippen LogP contribution in [-0.2, 0) is 0 Å². The van der Waals surface area contributed by atoms with Crippen LogP contribution in [-0.4, -0.2) is 23.5 Å². The number of oxime groups is 1. The van der Waals surface area contributed by atoms with Crippen LogP contribution < -0.4 is 11.1 Å². The van der Waals surface area contributed by atoms with Crippen LogP contribution in [0.4, 0.5) is 0 Å². The number of carbonyl (C=O) groups is 1. The number of rotatable bonds is 4. The molecule has 0 saturated carbocycles. The van der Waals surface area contributed by atoms with Crippen molar-refractivity contribution in [1.82, 2.24) is 5.32 Å². The number of nitrogens with one attached hydrogen (secondary N) is 1. The molecule has 1 aromatic carbocycles. The first kappa shape index (κ1) is 15.3. The number of halogens is 1. The van der Waals surface area contributed by atoms with Gasteiger partial charge in [0.2, 0.25) is 0 Å². The van der Waals surface area contributed by atoms with Crippen molar-refractivity contribution in [3.05, 3.63) is 34.3 Å². The molecule has 0 bridgehead atoms. The number of carbonyl (C=O) groups excluding carboxylic acids is 1. The molecular weight excluding hydrogens is 266 g/mol. The van der Waals surface area contributed by atoms with Crippen LogP contribution in [0, 0.1) is 12.3 Å². The Balaban J connectivity index is 2.79. The molecule has 0 aliphatic heterocycles. The number of amidine groups is 1. The van der Waals surface area contributed by atoms with E-state index in [4.69, 9.17) is 22.5 Å². The van der Waals surface area contributed by atoms with E-state index in [9.17, 15) is 4.79 Å². The van der Waals surface area contributed by atoms with Crippen molar-refractivity contribution >= 4 is 23.3 Å². The first-order chi connectivity index (χ1) is 8.79. The molecule has 0 atom stereocenters. The number of nitrogens with two attached hydrogens (primary N) is 1. The lowest BCUT2D eigenvalue weighted by Crippen LogP contribution is -2.42. The standard InChI is InChI=1S/C13H18ClN3O2/c1-8-5-4-6-9(10(8)14)11(18)16-7-13(2,3)12(15)17-19/h4-6,19H,7H2,1-3H3,(H2,15,17)(H,16,18). The molecule has 0 aliphatic carbocycles. The maximum atomic E-state index is 12.0.